The van der Waals surface area contributed by atoms with Gasteiger partial charge in [-0.05, 0) is 12.8 Å². The lowest BCUT2D eigenvalue weighted by Crippen LogP contribution is -2.41. The largest absolute Gasteiger partial charge is 0.464 e. The zero-order chi connectivity index (χ0) is 18.2. The fraction of sp³-hybridized carbons (Fsp3) is 0.889. The molecule has 0 aliphatic carbocycles. The van der Waals surface area contributed by atoms with Gasteiger partial charge in [0.25, 0.3) is 0 Å². The second-order valence-electron chi connectivity index (χ2n) is 6.05. The lowest BCUT2D eigenvalue weighted by Gasteiger charge is -2.16. The summed E-state index contributed by atoms with van der Waals surface area (Å²) in [5, 5.41) is 19.3. The van der Waals surface area contributed by atoms with E-state index in [1.54, 1.807) is 0 Å². The number of unbranched alkanes of at least 4 members (excludes halogenated alkanes) is 8. The van der Waals surface area contributed by atoms with Crippen molar-refractivity contribution in [3.8, 4) is 0 Å². The van der Waals surface area contributed by atoms with Crippen LogP contribution in [0.3, 0.4) is 0 Å². The summed E-state index contributed by atoms with van der Waals surface area (Å²) in [6.45, 7) is 4.59. The molecule has 2 N–H and O–H groups in total. The standard InChI is InChI=1S/C18H34O6/c1-3-5-7-9-11-13-23-17(21)15(19)16(20)18(22)24-14-12-10-8-6-4-2/h15-16,19-20H,3-14H2,1-2H3. The van der Waals surface area contributed by atoms with E-state index in [1.807, 2.05) is 0 Å². The van der Waals surface area contributed by atoms with E-state index in [0.29, 0.717) is 12.8 Å². The lowest BCUT2D eigenvalue weighted by molar-refractivity contribution is -0.173. The van der Waals surface area contributed by atoms with E-state index in [2.05, 4.69) is 13.8 Å². The van der Waals surface area contributed by atoms with E-state index in [-0.39, 0.29) is 13.2 Å². The topological polar surface area (TPSA) is 93.1 Å². The highest BCUT2D eigenvalue weighted by molar-refractivity contribution is 5.85. The van der Waals surface area contributed by atoms with Gasteiger partial charge in [-0.1, -0.05) is 65.2 Å². The van der Waals surface area contributed by atoms with Crippen molar-refractivity contribution in [3.63, 3.8) is 0 Å². The first-order valence-corrected chi connectivity index (χ1v) is 9.24. The fourth-order valence-corrected chi connectivity index (χ4v) is 2.19. The van der Waals surface area contributed by atoms with Crippen LogP contribution in [0.25, 0.3) is 0 Å². The molecule has 2 atom stereocenters. The van der Waals surface area contributed by atoms with E-state index in [4.69, 9.17) is 9.47 Å². The molecule has 24 heavy (non-hydrogen) atoms. The van der Waals surface area contributed by atoms with Crippen LogP contribution in [-0.2, 0) is 19.1 Å². The Kier molecular flexibility index (Phi) is 14.7. The molecule has 0 spiro atoms. The first-order chi connectivity index (χ1) is 11.5. The van der Waals surface area contributed by atoms with Crippen molar-refractivity contribution >= 4 is 11.9 Å². The summed E-state index contributed by atoms with van der Waals surface area (Å²) in [5.74, 6) is -1.98. The average Bonchev–Trinajstić information content (AvgIpc) is 2.59. The Bertz CT molecular complexity index is 299. The molecule has 0 aliphatic rings. The third kappa shape index (κ3) is 11.4. The Hall–Kier alpha value is -1.14. The predicted octanol–water partition coefficient (Wildman–Crippen LogP) is 2.74. The molecule has 0 bridgehead atoms. The number of aliphatic hydroxyl groups is 2. The molecule has 0 rings (SSSR count). The van der Waals surface area contributed by atoms with E-state index >= 15 is 0 Å². The summed E-state index contributed by atoms with van der Waals surface area (Å²) in [6.07, 6.45) is 6.19. The number of hydrogen-bond acceptors (Lipinski definition) is 6. The highest BCUT2D eigenvalue weighted by Crippen LogP contribution is 2.06. The van der Waals surface area contributed by atoms with E-state index in [0.717, 1.165) is 51.4 Å². The number of esters is 2. The van der Waals surface area contributed by atoms with Crippen molar-refractivity contribution in [1.82, 2.24) is 0 Å². The van der Waals surface area contributed by atoms with Crippen LogP contribution in [0.5, 0.6) is 0 Å². The molecule has 6 nitrogen and oxygen atoms in total. The molecule has 0 aliphatic heterocycles. The Balaban J connectivity index is 3.83. The zero-order valence-corrected chi connectivity index (χ0v) is 15.2. The highest BCUT2D eigenvalue weighted by Gasteiger charge is 2.32. The van der Waals surface area contributed by atoms with Gasteiger partial charge in [0.2, 0.25) is 0 Å². The van der Waals surface area contributed by atoms with Crippen LogP contribution in [0.15, 0.2) is 0 Å². The Morgan fingerprint density at radius 1 is 0.667 bits per heavy atom. The minimum Gasteiger partial charge on any atom is -0.464 e. The van der Waals surface area contributed by atoms with E-state index < -0.39 is 24.1 Å². The van der Waals surface area contributed by atoms with Crippen LogP contribution in [-0.4, -0.2) is 47.6 Å². The zero-order valence-electron chi connectivity index (χ0n) is 15.2. The van der Waals surface area contributed by atoms with Gasteiger partial charge >= 0.3 is 11.9 Å². The summed E-state index contributed by atoms with van der Waals surface area (Å²) in [6, 6.07) is 0. The Morgan fingerprint density at radius 2 is 1.00 bits per heavy atom. The third-order valence-corrected chi connectivity index (χ3v) is 3.77. The minimum atomic E-state index is -1.90. The van der Waals surface area contributed by atoms with Crippen LogP contribution in [0, 0.1) is 0 Å². The first kappa shape index (κ1) is 22.9. The van der Waals surface area contributed by atoms with Crippen molar-refractivity contribution in [2.45, 2.75) is 90.3 Å². The molecule has 0 aromatic carbocycles. The fourth-order valence-electron chi connectivity index (χ4n) is 2.19. The van der Waals surface area contributed by atoms with Gasteiger partial charge in [0.05, 0.1) is 13.2 Å². The molecule has 0 saturated carbocycles. The number of carbonyl (C=O) groups is 2. The molecule has 6 heteroatoms. The van der Waals surface area contributed by atoms with Crippen LogP contribution in [0.4, 0.5) is 0 Å². The first-order valence-electron chi connectivity index (χ1n) is 9.24. The van der Waals surface area contributed by atoms with Crippen molar-refractivity contribution in [2.24, 2.45) is 0 Å². The molecular formula is C18H34O6. The van der Waals surface area contributed by atoms with Gasteiger partial charge in [0.15, 0.2) is 12.2 Å². The number of rotatable bonds is 15. The van der Waals surface area contributed by atoms with Crippen LogP contribution < -0.4 is 0 Å². The smallest absolute Gasteiger partial charge is 0.338 e. The number of hydrogen-bond donors (Lipinski definition) is 2. The van der Waals surface area contributed by atoms with Gasteiger partial charge in [0, 0.05) is 0 Å². The van der Waals surface area contributed by atoms with Crippen molar-refractivity contribution < 1.29 is 29.3 Å². The van der Waals surface area contributed by atoms with Crippen molar-refractivity contribution in [2.75, 3.05) is 13.2 Å². The van der Waals surface area contributed by atoms with Crippen LogP contribution in [0.1, 0.15) is 78.1 Å². The Morgan fingerprint density at radius 3 is 1.33 bits per heavy atom. The second kappa shape index (κ2) is 15.4. The van der Waals surface area contributed by atoms with Gasteiger partial charge in [-0.3, -0.25) is 0 Å². The monoisotopic (exact) mass is 346 g/mol. The maximum absolute atomic E-state index is 11.6. The van der Waals surface area contributed by atoms with Gasteiger partial charge in [0.1, 0.15) is 0 Å². The molecule has 0 amide bonds. The van der Waals surface area contributed by atoms with E-state index in [1.165, 1.54) is 0 Å². The molecule has 0 heterocycles. The summed E-state index contributed by atoms with van der Waals surface area (Å²) < 4.78 is 9.74. The molecule has 2 unspecified atom stereocenters. The number of ether oxygens (including phenoxy) is 2. The van der Waals surface area contributed by atoms with Crippen molar-refractivity contribution in [1.29, 1.82) is 0 Å². The molecule has 0 saturated heterocycles. The quantitative estimate of drug-likeness (QED) is 0.350. The summed E-state index contributed by atoms with van der Waals surface area (Å²) in [7, 11) is 0. The highest BCUT2D eigenvalue weighted by atomic mass is 16.6. The summed E-state index contributed by atoms with van der Waals surface area (Å²) >= 11 is 0. The maximum atomic E-state index is 11.6. The normalized spacial score (nSPS) is 13.3. The molecule has 0 radical (unpaired) electrons. The molecule has 0 aromatic rings. The third-order valence-electron chi connectivity index (χ3n) is 3.77. The minimum absolute atomic E-state index is 0.179. The summed E-state index contributed by atoms with van der Waals surface area (Å²) in [5.41, 5.74) is 0. The van der Waals surface area contributed by atoms with Gasteiger partial charge < -0.3 is 19.7 Å². The van der Waals surface area contributed by atoms with Gasteiger partial charge in [-0.2, -0.15) is 0 Å². The van der Waals surface area contributed by atoms with E-state index in [9.17, 15) is 19.8 Å². The number of carbonyl (C=O) groups excluding carboxylic acids is 2. The molecule has 0 fully saturated rings. The Labute approximate surface area is 145 Å². The van der Waals surface area contributed by atoms with Crippen molar-refractivity contribution in [3.05, 3.63) is 0 Å². The van der Waals surface area contributed by atoms with Gasteiger partial charge in [-0.25, -0.2) is 9.59 Å². The number of aliphatic hydroxyl groups excluding tert-OH is 2. The summed E-state index contributed by atoms with van der Waals surface area (Å²) in [4.78, 5) is 23.2. The molecule has 0 aromatic heterocycles. The predicted molar refractivity (Wildman–Crippen MR) is 91.4 cm³/mol. The average molecular weight is 346 g/mol. The lowest BCUT2D eigenvalue weighted by atomic mass is 10.1. The maximum Gasteiger partial charge on any atom is 0.338 e. The molecule has 142 valence electrons. The molecular weight excluding hydrogens is 312 g/mol. The van der Waals surface area contributed by atoms with Crippen LogP contribution in [0.2, 0.25) is 0 Å². The second-order valence-corrected chi connectivity index (χ2v) is 6.05. The van der Waals surface area contributed by atoms with Crippen LogP contribution >= 0.6 is 0 Å². The SMILES string of the molecule is CCCCCCCOC(=O)C(O)C(O)C(=O)OCCCCCCC. The van der Waals surface area contributed by atoms with Gasteiger partial charge in [-0.15, -0.1) is 0 Å².